The maximum atomic E-state index is 11.8. The lowest BCUT2D eigenvalue weighted by Gasteiger charge is -2.38. The van der Waals surface area contributed by atoms with Crippen LogP contribution in [0.15, 0.2) is 30.3 Å². The summed E-state index contributed by atoms with van der Waals surface area (Å²) in [4.78, 5) is 13.7. The third kappa shape index (κ3) is 1.44. The minimum Gasteiger partial charge on any atom is -0.336 e. The van der Waals surface area contributed by atoms with E-state index in [1.54, 1.807) is 0 Å². The highest BCUT2D eigenvalue weighted by molar-refractivity contribution is 5.94. The van der Waals surface area contributed by atoms with Crippen molar-refractivity contribution in [3.8, 4) is 0 Å². The zero-order valence-corrected chi connectivity index (χ0v) is 7.73. The van der Waals surface area contributed by atoms with E-state index in [1.165, 1.54) is 0 Å². The molecule has 1 fully saturated rings. The van der Waals surface area contributed by atoms with E-state index < -0.39 is 0 Å². The van der Waals surface area contributed by atoms with E-state index in [4.69, 9.17) is 0 Å². The zero-order valence-electron chi connectivity index (χ0n) is 7.73. The minimum absolute atomic E-state index is 0.166. The van der Waals surface area contributed by atoms with Gasteiger partial charge in [0.05, 0.1) is 0 Å². The average molecular weight is 175 g/mol. The van der Waals surface area contributed by atoms with Crippen molar-refractivity contribution in [2.75, 3.05) is 6.54 Å². The van der Waals surface area contributed by atoms with Crippen LogP contribution in [0.5, 0.6) is 0 Å². The van der Waals surface area contributed by atoms with Gasteiger partial charge in [-0.3, -0.25) is 4.79 Å². The summed E-state index contributed by atoms with van der Waals surface area (Å²) in [6.45, 7) is 3.00. The van der Waals surface area contributed by atoms with Crippen molar-refractivity contribution in [1.29, 1.82) is 0 Å². The number of rotatable bonds is 1. The van der Waals surface area contributed by atoms with E-state index in [9.17, 15) is 4.79 Å². The van der Waals surface area contributed by atoms with E-state index >= 15 is 0 Å². The van der Waals surface area contributed by atoms with Crippen molar-refractivity contribution in [1.82, 2.24) is 4.90 Å². The quantitative estimate of drug-likeness (QED) is 0.638. The molecule has 0 aromatic heterocycles. The average Bonchev–Trinajstić information content (AvgIpc) is 2.17. The summed E-state index contributed by atoms with van der Waals surface area (Å²) in [6, 6.07) is 9.89. The largest absolute Gasteiger partial charge is 0.336 e. The van der Waals surface area contributed by atoms with Gasteiger partial charge in [0.2, 0.25) is 0 Å². The van der Waals surface area contributed by atoms with Gasteiger partial charge >= 0.3 is 0 Å². The molecule has 1 aromatic carbocycles. The van der Waals surface area contributed by atoms with Gasteiger partial charge in [0.25, 0.3) is 5.91 Å². The summed E-state index contributed by atoms with van der Waals surface area (Å²) in [6.07, 6.45) is 1.14. The summed E-state index contributed by atoms with van der Waals surface area (Å²) < 4.78 is 0. The molecule has 0 saturated carbocycles. The molecule has 1 aliphatic rings. The van der Waals surface area contributed by atoms with Crippen LogP contribution in [0.2, 0.25) is 0 Å². The van der Waals surface area contributed by atoms with Crippen molar-refractivity contribution >= 4 is 5.91 Å². The maximum absolute atomic E-state index is 11.8. The van der Waals surface area contributed by atoms with Gasteiger partial charge in [0.15, 0.2) is 0 Å². The van der Waals surface area contributed by atoms with E-state index in [2.05, 4.69) is 6.92 Å². The lowest BCUT2D eigenvalue weighted by molar-refractivity contribution is 0.0502. The predicted molar refractivity (Wildman–Crippen MR) is 51.6 cm³/mol. The molecule has 1 aliphatic heterocycles. The fraction of sp³-hybridized carbons (Fsp3) is 0.364. The first-order valence-electron chi connectivity index (χ1n) is 4.65. The van der Waals surface area contributed by atoms with Gasteiger partial charge in [-0.05, 0) is 25.5 Å². The fourth-order valence-electron chi connectivity index (χ4n) is 1.56. The van der Waals surface area contributed by atoms with Gasteiger partial charge in [0, 0.05) is 18.2 Å². The third-order valence-electron chi connectivity index (χ3n) is 2.60. The Morgan fingerprint density at radius 1 is 1.38 bits per heavy atom. The Morgan fingerprint density at radius 3 is 2.54 bits per heavy atom. The van der Waals surface area contributed by atoms with Crippen LogP contribution in [0.1, 0.15) is 23.7 Å². The molecule has 0 spiro atoms. The second-order valence-corrected chi connectivity index (χ2v) is 3.50. The van der Waals surface area contributed by atoms with Crippen LogP contribution in [0.4, 0.5) is 0 Å². The molecule has 2 nitrogen and oxygen atoms in total. The SMILES string of the molecule is CC1CCN1C(=O)c1ccccc1. The number of amides is 1. The molecule has 2 rings (SSSR count). The number of carbonyl (C=O) groups excluding carboxylic acids is 1. The first-order valence-corrected chi connectivity index (χ1v) is 4.65. The molecule has 0 N–H and O–H groups in total. The molecular weight excluding hydrogens is 162 g/mol. The van der Waals surface area contributed by atoms with Crippen molar-refractivity contribution in [2.24, 2.45) is 0 Å². The first kappa shape index (κ1) is 8.30. The lowest BCUT2D eigenvalue weighted by Crippen LogP contribution is -2.49. The Hall–Kier alpha value is -1.31. The summed E-state index contributed by atoms with van der Waals surface area (Å²) in [5.41, 5.74) is 0.800. The van der Waals surface area contributed by atoms with Gasteiger partial charge in [-0.15, -0.1) is 0 Å². The topological polar surface area (TPSA) is 20.3 Å². The monoisotopic (exact) mass is 175 g/mol. The lowest BCUT2D eigenvalue weighted by atomic mass is 10.0. The zero-order chi connectivity index (χ0) is 9.26. The second kappa shape index (κ2) is 3.21. The van der Waals surface area contributed by atoms with Gasteiger partial charge in [-0.2, -0.15) is 0 Å². The number of carbonyl (C=O) groups is 1. The van der Waals surface area contributed by atoms with Crippen LogP contribution in [-0.2, 0) is 0 Å². The normalized spacial score (nSPS) is 21.0. The molecule has 1 unspecified atom stereocenters. The van der Waals surface area contributed by atoms with Crippen LogP contribution in [-0.4, -0.2) is 23.4 Å². The number of likely N-dealkylation sites (tertiary alicyclic amines) is 1. The molecule has 0 radical (unpaired) electrons. The Kier molecular flexibility index (Phi) is 2.05. The van der Waals surface area contributed by atoms with Crippen molar-refractivity contribution in [3.63, 3.8) is 0 Å². The second-order valence-electron chi connectivity index (χ2n) is 3.50. The standard InChI is InChI=1S/C11H13NO/c1-9-7-8-12(9)11(13)10-5-3-2-4-6-10/h2-6,9H,7-8H2,1H3. The molecule has 68 valence electrons. The van der Waals surface area contributed by atoms with Crippen molar-refractivity contribution in [2.45, 2.75) is 19.4 Å². The highest BCUT2D eigenvalue weighted by Crippen LogP contribution is 2.19. The maximum Gasteiger partial charge on any atom is 0.254 e. The molecular formula is C11H13NO. The van der Waals surface area contributed by atoms with Crippen LogP contribution < -0.4 is 0 Å². The summed E-state index contributed by atoms with van der Waals surface area (Å²) in [5, 5.41) is 0. The Labute approximate surface area is 78.2 Å². The highest BCUT2D eigenvalue weighted by Gasteiger charge is 2.28. The van der Waals surface area contributed by atoms with Crippen molar-refractivity contribution < 1.29 is 4.79 Å². The van der Waals surface area contributed by atoms with Crippen LogP contribution in [0.3, 0.4) is 0 Å². The molecule has 13 heavy (non-hydrogen) atoms. The Balaban J connectivity index is 2.14. The molecule has 0 bridgehead atoms. The van der Waals surface area contributed by atoms with Crippen LogP contribution in [0.25, 0.3) is 0 Å². The molecule has 1 amide bonds. The third-order valence-corrected chi connectivity index (χ3v) is 2.60. The number of hydrogen-bond donors (Lipinski definition) is 0. The van der Waals surface area contributed by atoms with Gasteiger partial charge in [-0.1, -0.05) is 18.2 Å². The summed E-state index contributed by atoms with van der Waals surface area (Å²) in [7, 11) is 0. The summed E-state index contributed by atoms with van der Waals surface area (Å²) >= 11 is 0. The van der Waals surface area contributed by atoms with E-state index in [1.807, 2.05) is 35.2 Å². The van der Waals surface area contributed by atoms with Gasteiger partial charge < -0.3 is 4.90 Å². The van der Waals surface area contributed by atoms with Crippen LogP contribution in [0, 0.1) is 0 Å². The molecule has 2 heteroatoms. The molecule has 0 aliphatic carbocycles. The number of benzene rings is 1. The Bertz CT molecular complexity index is 307. The van der Waals surface area contributed by atoms with Gasteiger partial charge in [-0.25, -0.2) is 0 Å². The number of hydrogen-bond acceptors (Lipinski definition) is 1. The molecule has 1 atom stereocenters. The minimum atomic E-state index is 0.166. The molecule has 1 saturated heterocycles. The van der Waals surface area contributed by atoms with Crippen molar-refractivity contribution in [3.05, 3.63) is 35.9 Å². The predicted octanol–water partition coefficient (Wildman–Crippen LogP) is 1.92. The van der Waals surface area contributed by atoms with Gasteiger partial charge in [0.1, 0.15) is 0 Å². The smallest absolute Gasteiger partial charge is 0.254 e. The highest BCUT2D eigenvalue weighted by atomic mass is 16.2. The van der Waals surface area contributed by atoms with E-state index in [0.29, 0.717) is 6.04 Å². The summed E-state index contributed by atoms with van der Waals surface area (Å²) in [5.74, 6) is 0.166. The number of nitrogens with zero attached hydrogens (tertiary/aromatic N) is 1. The Morgan fingerprint density at radius 2 is 2.08 bits per heavy atom. The molecule has 1 aromatic rings. The van der Waals surface area contributed by atoms with E-state index in [0.717, 1.165) is 18.5 Å². The molecule has 1 heterocycles. The first-order chi connectivity index (χ1) is 6.29. The fourth-order valence-corrected chi connectivity index (χ4v) is 1.56. The van der Waals surface area contributed by atoms with Crippen LogP contribution >= 0.6 is 0 Å². The van der Waals surface area contributed by atoms with E-state index in [-0.39, 0.29) is 5.91 Å².